The molecule has 1 aromatic heterocycles. The van der Waals surface area contributed by atoms with Gasteiger partial charge < -0.3 is 10.2 Å². The van der Waals surface area contributed by atoms with E-state index in [0.29, 0.717) is 0 Å². The number of hydrogen-bond acceptors (Lipinski definition) is 3. The first kappa shape index (κ1) is 13.6. The van der Waals surface area contributed by atoms with Crippen molar-refractivity contribution in [3.63, 3.8) is 0 Å². The summed E-state index contributed by atoms with van der Waals surface area (Å²) in [5, 5.41) is 6.85. The van der Waals surface area contributed by atoms with E-state index in [9.17, 15) is 4.79 Å². The van der Waals surface area contributed by atoms with Crippen molar-refractivity contribution < 1.29 is 4.79 Å². The highest BCUT2D eigenvalue weighted by atomic mass is 32.1. The average Bonchev–Trinajstić information content (AvgIpc) is 3.13. The molecule has 0 radical (unpaired) electrons. The summed E-state index contributed by atoms with van der Waals surface area (Å²) < 4.78 is 1.31. The molecular weight excluding hydrogens is 268 g/mol. The topological polar surface area (TPSA) is 32.3 Å². The Morgan fingerprint density at radius 2 is 2.10 bits per heavy atom. The second-order valence-corrected chi connectivity index (χ2v) is 6.30. The molecule has 20 heavy (non-hydrogen) atoms. The monoisotopic (exact) mass is 288 g/mol. The van der Waals surface area contributed by atoms with Crippen LogP contribution in [0.1, 0.15) is 25.3 Å². The van der Waals surface area contributed by atoms with Gasteiger partial charge in [-0.1, -0.05) is 18.2 Å². The van der Waals surface area contributed by atoms with Crippen molar-refractivity contribution in [1.82, 2.24) is 10.2 Å². The van der Waals surface area contributed by atoms with Crippen LogP contribution < -0.4 is 5.32 Å². The van der Waals surface area contributed by atoms with Crippen LogP contribution in [-0.4, -0.2) is 29.9 Å². The minimum absolute atomic E-state index is 0.105. The van der Waals surface area contributed by atoms with E-state index in [-0.39, 0.29) is 11.9 Å². The molecule has 1 atom stereocenters. The summed E-state index contributed by atoms with van der Waals surface area (Å²) in [6.45, 7) is 4.57. The molecule has 106 valence electrons. The lowest BCUT2D eigenvalue weighted by Gasteiger charge is -2.21. The Bertz CT molecular complexity index is 601. The highest BCUT2D eigenvalue weighted by Crippen LogP contribution is 2.25. The van der Waals surface area contributed by atoms with E-state index >= 15 is 0 Å². The molecule has 3 nitrogen and oxygen atoms in total. The van der Waals surface area contributed by atoms with Crippen LogP contribution in [0.4, 0.5) is 0 Å². The molecule has 1 unspecified atom stereocenters. The number of carbonyl (C=O) groups is 1. The quantitative estimate of drug-likeness (QED) is 0.938. The van der Waals surface area contributed by atoms with Gasteiger partial charge in [-0.05, 0) is 42.2 Å². The van der Waals surface area contributed by atoms with E-state index in [2.05, 4.69) is 35.0 Å². The molecule has 1 fully saturated rings. The first-order chi connectivity index (χ1) is 9.75. The average molecular weight is 288 g/mol. The molecule has 0 bridgehead atoms. The SMILES string of the molecule is CC(NCc1csc2ccccc12)C(=O)N1CCCC1. The van der Waals surface area contributed by atoms with E-state index in [4.69, 9.17) is 0 Å². The lowest BCUT2D eigenvalue weighted by atomic mass is 10.1. The van der Waals surface area contributed by atoms with Gasteiger partial charge in [-0.15, -0.1) is 11.3 Å². The van der Waals surface area contributed by atoms with E-state index in [0.717, 1.165) is 32.5 Å². The van der Waals surface area contributed by atoms with Crippen LogP contribution in [0.15, 0.2) is 29.6 Å². The van der Waals surface area contributed by atoms with Crippen LogP contribution >= 0.6 is 11.3 Å². The van der Waals surface area contributed by atoms with E-state index < -0.39 is 0 Å². The molecular formula is C16H20N2OS. The molecule has 4 heteroatoms. The summed E-state index contributed by atoms with van der Waals surface area (Å²) in [7, 11) is 0. The third kappa shape index (κ3) is 2.72. The molecule has 2 aromatic rings. The molecule has 1 aliphatic rings. The summed E-state index contributed by atoms with van der Waals surface area (Å²) in [4.78, 5) is 14.2. The zero-order valence-corrected chi connectivity index (χ0v) is 12.6. The standard InChI is InChI=1S/C16H20N2OS/c1-12(16(19)18-8-4-5-9-18)17-10-13-11-20-15-7-3-2-6-14(13)15/h2-3,6-7,11-12,17H,4-5,8-10H2,1H3. The Kier molecular flexibility index (Phi) is 4.03. The number of nitrogens with zero attached hydrogens (tertiary/aromatic N) is 1. The molecule has 1 aliphatic heterocycles. The normalized spacial score (nSPS) is 16.8. The number of thiophene rings is 1. The molecule has 1 aromatic carbocycles. The van der Waals surface area contributed by atoms with Crippen molar-refractivity contribution in [2.75, 3.05) is 13.1 Å². The van der Waals surface area contributed by atoms with Crippen molar-refractivity contribution in [2.24, 2.45) is 0 Å². The number of benzene rings is 1. The Morgan fingerprint density at radius 3 is 2.90 bits per heavy atom. The first-order valence-electron chi connectivity index (χ1n) is 7.23. The lowest BCUT2D eigenvalue weighted by Crippen LogP contribution is -2.43. The zero-order valence-electron chi connectivity index (χ0n) is 11.8. The molecule has 1 saturated heterocycles. The van der Waals surface area contributed by atoms with Gasteiger partial charge in [-0.2, -0.15) is 0 Å². The predicted molar refractivity (Wildman–Crippen MR) is 83.9 cm³/mol. The number of fused-ring (bicyclic) bond motifs is 1. The van der Waals surface area contributed by atoms with Gasteiger partial charge in [0.1, 0.15) is 0 Å². The number of nitrogens with one attached hydrogen (secondary N) is 1. The van der Waals surface area contributed by atoms with Crippen LogP contribution in [0.25, 0.3) is 10.1 Å². The van der Waals surface area contributed by atoms with Crippen LogP contribution in [0.3, 0.4) is 0 Å². The van der Waals surface area contributed by atoms with Gasteiger partial charge in [0.25, 0.3) is 0 Å². The fourth-order valence-electron chi connectivity index (χ4n) is 2.73. The fraction of sp³-hybridized carbons (Fsp3) is 0.438. The van der Waals surface area contributed by atoms with Crippen molar-refractivity contribution in [1.29, 1.82) is 0 Å². The van der Waals surface area contributed by atoms with E-state index in [1.165, 1.54) is 15.6 Å². The number of likely N-dealkylation sites (tertiary alicyclic amines) is 1. The molecule has 1 N–H and O–H groups in total. The lowest BCUT2D eigenvalue weighted by molar-refractivity contribution is -0.131. The summed E-state index contributed by atoms with van der Waals surface area (Å²) in [5.74, 6) is 0.238. The molecule has 0 saturated carbocycles. The summed E-state index contributed by atoms with van der Waals surface area (Å²) in [6.07, 6.45) is 2.29. The molecule has 1 amide bonds. The van der Waals surface area contributed by atoms with Crippen molar-refractivity contribution in [3.8, 4) is 0 Å². The Hall–Kier alpha value is -1.39. The maximum atomic E-state index is 12.2. The van der Waals surface area contributed by atoms with Crippen molar-refractivity contribution in [2.45, 2.75) is 32.4 Å². The maximum absolute atomic E-state index is 12.2. The second-order valence-electron chi connectivity index (χ2n) is 5.39. The minimum atomic E-state index is -0.105. The highest BCUT2D eigenvalue weighted by molar-refractivity contribution is 7.17. The van der Waals surface area contributed by atoms with Crippen molar-refractivity contribution >= 4 is 27.3 Å². The molecule has 0 aliphatic carbocycles. The van der Waals surface area contributed by atoms with Gasteiger partial charge >= 0.3 is 0 Å². The van der Waals surface area contributed by atoms with Crippen LogP contribution in [0, 0.1) is 0 Å². The van der Waals surface area contributed by atoms with Crippen LogP contribution in [-0.2, 0) is 11.3 Å². The largest absolute Gasteiger partial charge is 0.341 e. The van der Waals surface area contributed by atoms with E-state index in [1.807, 2.05) is 11.8 Å². The van der Waals surface area contributed by atoms with Gasteiger partial charge in [0, 0.05) is 24.3 Å². The van der Waals surface area contributed by atoms with Gasteiger partial charge in [0.2, 0.25) is 5.91 Å². The van der Waals surface area contributed by atoms with Gasteiger partial charge in [-0.3, -0.25) is 4.79 Å². The number of carbonyl (C=O) groups excluding carboxylic acids is 1. The Balaban J connectivity index is 1.62. The summed E-state index contributed by atoms with van der Waals surface area (Å²) in [6, 6.07) is 8.32. The predicted octanol–water partition coefficient (Wildman–Crippen LogP) is 3.00. The first-order valence-corrected chi connectivity index (χ1v) is 8.11. The number of hydrogen-bond donors (Lipinski definition) is 1. The minimum Gasteiger partial charge on any atom is -0.341 e. The van der Waals surface area contributed by atoms with Gasteiger partial charge in [0.05, 0.1) is 6.04 Å². The Morgan fingerprint density at radius 1 is 1.35 bits per heavy atom. The van der Waals surface area contributed by atoms with E-state index in [1.54, 1.807) is 11.3 Å². The smallest absolute Gasteiger partial charge is 0.239 e. The van der Waals surface area contributed by atoms with Crippen LogP contribution in [0.5, 0.6) is 0 Å². The van der Waals surface area contributed by atoms with Crippen molar-refractivity contribution in [3.05, 3.63) is 35.2 Å². The fourth-order valence-corrected chi connectivity index (χ4v) is 3.69. The molecule has 3 rings (SSSR count). The van der Waals surface area contributed by atoms with Crippen LogP contribution in [0.2, 0.25) is 0 Å². The maximum Gasteiger partial charge on any atom is 0.239 e. The van der Waals surface area contributed by atoms with Gasteiger partial charge in [0.15, 0.2) is 0 Å². The summed E-state index contributed by atoms with van der Waals surface area (Å²) >= 11 is 1.76. The number of amides is 1. The third-order valence-electron chi connectivity index (χ3n) is 3.95. The highest BCUT2D eigenvalue weighted by Gasteiger charge is 2.22. The second kappa shape index (κ2) is 5.94. The third-order valence-corrected chi connectivity index (χ3v) is 4.96. The van der Waals surface area contributed by atoms with Gasteiger partial charge in [-0.25, -0.2) is 0 Å². The Labute approximate surface area is 123 Å². The number of rotatable bonds is 4. The zero-order chi connectivity index (χ0) is 13.9. The molecule has 0 spiro atoms. The summed E-state index contributed by atoms with van der Waals surface area (Å²) in [5.41, 5.74) is 1.28. The molecule has 2 heterocycles.